The van der Waals surface area contributed by atoms with Crippen LogP contribution in [-0.2, 0) is 16.6 Å². The quantitative estimate of drug-likeness (QED) is 0.670. The first-order valence-electron chi connectivity index (χ1n) is 10.8. The first-order valence-corrected chi connectivity index (χ1v) is 10.8. The Bertz CT molecular complexity index is 834. The zero-order chi connectivity index (χ0) is 21.9. The number of aliphatic carboxylic acids is 1. The highest BCUT2D eigenvalue weighted by Crippen LogP contribution is 2.60. The standard InChI is InChI=1S/C20H29N3.C2HF3O2/c1-13-7-19(2,3)11-17-21-22-18(23(17)12-13)20-8-14-4-15(9-20)6-16(5-14)10-20;3-2(4,5)1(6)7/h12,14-16H,4-11H2,1-3H3;(H,6,7). The zero-order valence-corrected chi connectivity index (χ0v) is 17.8. The van der Waals surface area contributed by atoms with Crippen molar-refractivity contribution >= 4 is 12.2 Å². The van der Waals surface area contributed by atoms with E-state index in [0.717, 1.165) is 30.6 Å². The van der Waals surface area contributed by atoms with Gasteiger partial charge in [0.15, 0.2) is 0 Å². The van der Waals surface area contributed by atoms with Crippen molar-refractivity contribution in [2.24, 2.45) is 23.2 Å². The van der Waals surface area contributed by atoms with Gasteiger partial charge < -0.3 is 5.11 Å². The fourth-order valence-electron chi connectivity index (χ4n) is 6.84. The van der Waals surface area contributed by atoms with Gasteiger partial charge in [-0.15, -0.1) is 10.2 Å². The molecule has 0 amide bonds. The zero-order valence-electron chi connectivity index (χ0n) is 17.8. The summed E-state index contributed by atoms with van der Waals surface area (Å²) in [5, 5.41) is 16.6. The molecule has 5 aliphatic rings. The van der Waals surface area contributed by atoms with Crippen molar-refractivity contribution in [3.05, 3.63) is 17.2 Å². The van der Waals surface area contributed by atoms with Gasteiger partial charge >= 0.3 is 12.1 Å². The number of allylic oxidation sites excluding steroid dienone is 1. The van der Waals surface area contributed by atoms with E-state index in [1.807, 2.05) is 0 Å². The van der Waals surface area contributed by atoms with E-state index in [-0.39, 0.29) is 0 Å². The lowest BCUT2D eigenvalue weighted by molar-refractivity contribution is -0.192. The minimum Gasteiger partial charge on any atom is -0.475 e. The predicted octanol–water partition coefficient (Wildman–Crippen LogP) is 5.21. The van der Waals surface area contributed by atoms with Gasteiger partial charge in [0.25, 0.3) is 0 Å². The molecule has 0 spiro atoms. The van der Waals surface area contributed by atoms with Crippen LogP contribution in [0.4, 0.5) is 13.2 Å². The Hall–Kier alpha value is -1.86. The molecule has 4 bridgehead atoms. The smallest absolute Gasteiger partial charge is 0.475 e. The van der Waals surface area contributed by atoms with E-state index < -0.39 is 12.1 Å². The van der Waals surface area contributed by atoms with Crippen molar-refractivity contribution in [2.75, 3.05) is 0 Å². The number of halogens is 3. The highest BCUT2D eigenvalue weighted by molar-refractivity contribution is 5.73. The third-order valence-electron chi connectivity index (χ3n) is 7.27. The van der Waals surface area contributed by atoms with E-state index in [2.05, 4.69) is 36.6 Å². The molecular formula is C22H30F3N3O2. The average Bonchev–Trinajstić information content (AvgIpc) is 2.89. The molecule has 1 N–H and O–H groups in total. The minimum absolute atomic E-state index is 0.292. The second-order valence-corrected chi connectivity index (χ2v) is 10.8. The van der Waals surface area contributed by atoms with Crippen LogP contribution in [0.1, 0.15) is 77.4 Å². The lowest BCUT2D eigenvalue weighted by Crippen LogP contribution is -2.49. The van der Waals surface area contributed by atoms with Crippen molar-refractivity contribution in [2.45, 2.75) is 83.7 Å². The number of carboxylic acids is 1. The molecule has 1 aromatic heterocycles. The summed E-state index contributed by atoms with van der Waals surface area (Å²) < 4.78 is 34.2. The Labute approximate surface area is 174 Å². The van der Waals surface area contributed by atoms with Crippen LogP contribution >= 0.6 is 0 Å². The van der Waals surface area contributed by atoms with Crippen LogP contribution < -0.4 is 0 Å². The molecule has 2 heterocycles. The van der Waals surface area contributed by atoms with Gasteiger partial charge in [-0.2, -0.15) is 13.2 Å². The Balaban J connectivity index is 0.000000272. The summed E-state index contributed by atoms with van der Waals surface area (Å²) in [5.41, 5.74) is 2.10. The van der Waals surface area contributed by atoms with Gasteiger partial charge in [0.05, 0.1) is 0 Å². The van der Waals surface area contributed by atoms with Crippen molar-refractivity contribution in [3.8, 4) is 0 Å². The molecule has 4 fully saturated rings. The SMILES string of the molecule is CC1=Cn2c(nnc2C23CC4CC(CC(C4)C2)C3)CC(C)(C)C1.O=C(O)C(F)(F)F. The normalized spacial score (nSPS) is 33.8. The maximum Gasteiger partial charge on any atom is 0.490 e. The first-order chi connectivity index (χ1) is 13.9. The molecular weight excluding hydrogens is 395 g/mol. The van der Waals surface area contributed by atoms with Gasteiger partial charge in [0.1, 0.15) is 11.6 Å². The van der Waals surface area contributed by atoms with Gasteiger partial charge in [0, 0.05) is 18.0 Å². The molecule has 6 rings (SSSR count). The van der Waals surface area contributed by atoms with Crippen molar-refractivity contribution < 1.29 is 23.1 Å². The molecule has 8 heteroatoms. The highest BCUT2D eigenvalue weighted by atomic mass is 19.4. The Morgan fingerprint density at radius 2 is 1.57 bits per heavy atom. The molecule has 30 heavy (non-hydrogen) atoms. The number of fused-ring (bicyclic) bond motifs is 1. The molecule has 1 aromatic rings. The van der Waals surface area contributed by atoms with E-state index in [1.54, 1.807) is 0 Å². The van der Waals surface area contributed by atoms with Gasteiger partial charge in [-0.25, -0.2) is 4.79 Å². The molecule has 0 radical (unpaired) electrons. The summed E-state index contributed by atoms with van der Waals surface area (Å²) in [7, 11) is 0. The third-order valence-corrected chi connectivity index (χ3v) is 7.27. The predicted molar refractivity (Wildman–Crippen MR) is 106 cm³/mol. The Morgan fingerprint density at radius 3 is 2.03 bits per heavy atom. The van der Waals surface area contributed by atoms with Crippen LogP contribution in [0, 0.1) is 23.2 Å². The molecule has 4 saturated carbocycles. The van der Waals surface area contributed by atoms with Crippen LogP contribution in [-0.4, -0.2) is 32.0 Å². The lowest BCUT2D eigenvalue weighted by Gasteiger charge is -2.56. The van der Waals surface area contributed by atoms with Crippen LogP contribution in [0.15, 0.2) is 5.57 Å². The number of carbonyl (C=O) groups is 1. The minimum atomic E-state index is -5.08. The number of carboxylic acid groups (broad SMARTS) is 1. The maximum atomic E-state index is 10.6. The van der Waals surface area contributed by atoms with Crippen LogP contribution in [0.3, 0.4) is 0 Å². The number of alkyl halides is 3. The molecule has 166 valence electrons. The second-order valence-electron chi connectivity index (χ2n) is 10.8. The monoisotopic (exact) mass is 425 g/mol. The molecule has 4 aliphatic carbocycles. The fraction of sp³-hybridized carbons (Fsp3) is 0.773. The van der Waals surface area contributed by atoms with E-state index in [9.17, 15) is 13.2 Å². The number of nitrogens with zero attached hydrogens (tertiary/aromatic N) is 3. The molecule has 0 atom stereocenters. The Morgan fingerprint density at radius 1 is 1.07 bits per heavy atom. The van der Waals surface area contributed by atoms with E-state index in [4.69, 9.17) is 15.0 Å². The van der Waals surface area contributed by atoms with E-state index in [1.165, 1.54) is 55.7 Å². The van der Waals surface area contributed by atoms with Crippen molar-refractivity contribution in [1.82, 2.24) is 14.8 Å². The van der Waals surface area contributed by atoms with Gasteiger partial charge in [-0.05, 0) is 75.0 Å². The summed E-state index contributed by atoms with van der Waals surface area (Å²) in [5.74, 6) is 2.62. The highest BCUT2D eigenvalue weighted by Gasteiger charge is 2.54. The van der Waals surface area contributed by atoms with Gasteiger partial charge in [0.2, 0.25) is 0 Å². The van der Waals surface area contributed by atoms with Crippen LogP contribution in [0.2, 0.25) is 0 Å². The molecule has 0 saturated heterocycles. The van der Waals surface area contributed by atoms with Crippen LogP contribution in [0.5, 0.6) is 0 Å². The number of rotatable bonds is 1. The first kappa shape index (κ1) is 21.4. The summed E-state index contributed by atoms with van der Waals surface area (Å²) in [6.07, 6.45) is 8.05. The van der Waals surface area contributed by atoms with E-state index >= 15 is 0 Å². The van der Waals surface area contributed by atoms with Gasteiger partial charge in [-0.3, -0.25) is 4.57 Å². The van der Waals surface area contributed by atoms with Crippen molar-refractivity contribution in [1.29, 1.82) is 0 Å². The second kappa shape index (κ2) is 7.09. The molecule has 1 aliphatic heterocycles. The van der Waals surface area contributed by atoms with Crippen LogP contribution in [0.25, 0.3) is 6.20 Å². The van der Waals surface area contributed by atoms with E-state index in [0.29, 0.717) is 10.8 Å². The summed E-state index contributed by atoms with van der Waals surface area (Å²) in [6.45, 7) is 7.00. The summed E-state index contributed by atoms with van der Waals surface area (Å²) in [4.78, 5) is 8.90. The summed E-state index contributed by atoms with van der Waals surface area (Å²) >= 11 is 0. The molecule has 5 nitrogen and oxygen atoms in total. The Kier molecular flexibility index (Phi) is 5.05. The fourth-order valence-corrected chi connectivity index (χ4v) is 6.84. The van der Waals surface area contributed by atoms with Gasteiger partial charge in [-0.1, -0.05) is 19.4 Å². The number of hydrogen-bond donors (Lipinski definition) is 1. The number of hydrogen-bond acceptors (Lipinski definition) is 3. The lowest BCUT2D eigenvalue weighted by atomic mass is 9.49. The third kappa shape index (κ3) is 4.02. The molecule has 0 aromatic carbocycles. The largest absolute Gasteiger partial charge is 0.490 e. The summed E-state index contributed by atoms with van der Waals surface area (Å²) in [6, 6.07) is 0. The topological polar surface area (TPSA) is 68.0 Å². The van der Waals surface area contributed by atoms with Crippen molar-refractivity contribution in [3.63, 3.8) is 0 Å². The number of aromatic nitrogens is 3. The molecule has 0 unspecified atom stereocenters. The maximum absolute atomic E-state index is 10.6. The average molecular weight is 425 g/mol.